The number of hydrogen-bond acceptors (Lipinski definition) is 3. The standard InChI is InChI=1S/C17H25NO3/c1-14-6-4-8-16(12-14)21-11-5-10-18-9-3-2-7-15(18)13-17(19)20/h4,6,8,12,15H,2-3,5,7,9-11,13H2,1H3,(H,19,20). The van der Waals surface area contributed by atoms with E-state index < -0.39 is 5.97 Å². The fourth-order valence-corrected chi connectivity index (χ4v) is 2.95. The van der Waals surface area contributed by atoms with E-state index in [2.05, 4.69) is 17.9 Å². The Bertz CT molecular complexity index is 461. The smallest absolute Gasteiger partial charge is 0.304 e. The van der Waals surface area contributed by atoms with Gasteiger partial charge < -0.3 is 9.84 Å². The molecule has 1 aromatic rings. The molecule has 21 heavy (non-hydrogen) atoms. The molecule has 1 N–H and O–H groups in total. The Morgan fingerprint density at radius 1 is 1.43 bits per heavy atom. The largest absolute Gasteiger partial charge is 0.494 e. The molecule has 0 spiro atoms. The fraction of sp³-hybridized carbons (Fsp3) is 0.588. The van der Waals surface area contributed by atoms with E-state index in [9.17, 15) is 4.79 Å². The molecule has 0 bridgehead atoms. The number of piperidine rings is 1. The lowest BCUT2D eigenvalue weighted by Crippen LogP contribution is -2.41. The van der Waals surface area contributed by atoms with Crippen LogP contribution in [0, 0.1) is 6.92 Å². The second-order valence-electron chi connectivity index (χ2n) is 5.80. The molecule has 1 aliphatic rings. The molecule has 0 radical (unpaired) electrons. The Balaban J connectivity index is 1.72. The van der Waals surface area contributed by atoms with Crippen LogP contribution in [0.1, 0.15) is 37.7 Å². The molecule has 0 amide bonds. The van der Waals surface area contributed by atoms with E-state index in [4.69, 9.17) is 9.84 Å². The van der Waals surface area contributed by atoms with Crippen molar-refractivity contribution in [2.24, 2.45) is 0 Å². The number of benzene rings is 1. The first-order chi connectivity index (χ1) is 10.1. The lowest BCUT2D eigenvalue weighted by Gasteiger charge is -2.34. The van der Waals surface area contributed by atoms with E-state index in [1.54, 1.807) is 0 Å². The van der Waals surface area contributed by atoms with E-state index in [1.165, 1.54) is 12.0 Å². The van der Waals surface area contributed by atoms with Crippen molar-refractivity contribution in [3.8, 4) is 5.75 Å². The summed E-state index contributed by atoms with van der Waals surface area (Å²) in [4.78, 5) is 13.2. The van der Waals surface area contributed by atoms with Crippen molar-refractivity contribution in [3.05, 3.63) is 29.8 Å². The summed E-state index contributed by atoms with van der Waals surface area (Å²) in [7, 11) is 0. The SMILES string of the molecule is Cc1cccc(OCCCN2CCCCC2CC(=O)O)c1. The van der Waals surface area contributed by atoms with Gasteiger partial charge in [0, 0.05) is 12.6 Å². The van der Waals surface area contributed by atoms with Gasteiger partial charge >= 0.3 is 5.97 Å². The number of aryl methyl sites for hydroxylation is 1. The maximum Gasteiger partial charge on any atom is 0.304 e. The Morgan fingerprint density at radius 3 is 3.05 bits per heavy atom. The van der Waals surface area contributed by atoms with Crippen molar-refractivity contribution < 1.29 is 14.6 Å². The zero-order chi connectivity index (χ0) is 15.1. The molecule has 1 unspecified atom stereocenters. The van der Waals surface area contributed by atoms with E-state index >= 15 is 0 Å². The van der Waals surface area contributed by atoms with Crippen molar-refractivity contribution >= 4 is 5.97 Å². The van der Waals surface area contributed by atoms with E-state index in [0.717, 1.165) is 38.1 Å². The average Bonchev–Trinajstić information content (AvgIpc) is 2.45. The first-order valence-electron chi connectivity index (χ1n) is 7.80. The highest BCUT2D eigenvalue weighted by Crippen LogP contribution is 2.20. The lowest BCUT2D eigenvalue weighted by atomic mass is 9.99. The fourth-order valence-electron chi connectivity index (χ4n) is 2.95. The van der Waals surface area contributed by atoms with Crippen molar-refractivity contribution in [3.63, 3.8) is 0 Å². The number of carboxylic acid groups (broad SMARTS) is 1. The second kappa shape index (κ2) is 8.03. The molecule has 1 atom stereocenters. The van der Waals surface area contributed by atoms with Crippen molar-refractivity contribution in [2.75, 3.05) is 19.7 Å². The molecule has 0 aromatic heterocycles. The Labute approximate surface area is 126 Å². The van der Waals surface area contributed by atoms with Crippen LogP contribution in [0.4, 0.5) is 0 Å². The topological polar surface area (TPSA) is 49.8 Å². The number of rotatable bonds is 7. The molecule has 1 saturated heterocycles. The molecule has 0 aliphatic carbocycles. The summed E-state index contributed by atoms with van der Waals surface area (Å²) in [5.74, 6) is 0.221. The van der Waals surface area contributed by atoms with Gasteiger partial charge in [0.05, 0.1) is 13.0 Å². The van der Waals surface area contributed by atoms with Gasteiger partial charge in [-0.15, -0.1) is 0 Å². The van der Waals surface area contributed by atoms with Crippen LogP contribution in [-0.2, 0) is 4.79 Å². The number of ether oxygens (including phenoxy) is 1. The molecular weight excluding hydrogens is 266 g/mol. The van der Waals surface area contributed by atoms with Crippen molar-refractivity contribution in [2.45, 2.75) is 45.1 Å². The van der Waals surface area contributed by atoms with Gasteiger partial charge in [-0.25, -0.2) is 0 Å². The molecule has 1 heterocycles. The highest BCUT2D eigenvalue weighted by Gasteiger charge is 2.23. The molecule has 1 aromatic carbocycles. The van der Waals surface area contributed by atoms with Gasteiger partial charge in [-0.3, -0.25) is 9.69 Å². The summed E-state index contributed by atoms with van der Waals surface area (Å²) in [6.45, 7) is 4.67. The molecule has 0 saturated carbocycles. The van der Waals surface area contributed by atoms with Crippen molar-refractivity contribution in [1.29, 1.82) is 0 Å². The summed E-state index contributed by atoms with van der Waals surface area (Å²) in [5.41, 5.74) is 1.20. The third-order valence-corrected chi connectivity index (χ3v) is 4.01. The van der Waals surface area contributed by atoms with Crippen LogP contribution in [0.3, 0.4) is 0 Å². The maximum atomic E-state index is 10.9. The van der Waals surface area contributed by atoms with Crippen LogP contribution in [0.2, 0.25) is 0 Å². The predicted octanol–water partition coefficient (Wildman–Crippen LogP) is 3.09. The van der Waals surface area contributed by atoms with Crippen LogP contribution in [0.25, 0.3) is 0 Å². The highest BCUT2D eigenvalue weighted by atomic mass is 16.5. The number of nitrogens with zero attached hydrogens (tertiary/aromatic N) is 1. The molecule has 116 valence electrons. The molecule has 1 aliphatic heterocycles. The predicted molar refractivity (Wildman–Crippen MR) is 82.8 cm³/mol. The monoisotopic (exact) mass is 291 g/mol. The normalized spacial score (nSPS) is 19.4. The number of carboxylic acids is 1. The van der Waals surface area contributed by atoms with E-state index in [-0.39, 0.29) is 12.5 Å². The molecule has 4 nitrogen and oxygen atoms in total. The van der Waals surface area contributed by atoms with Crippen LogP contribution >= 0.6 is 0 Å². The zero-order valence-corrected chi connectivity index (χ0v) is 12.8. The van der Waals surface area contributed by atoms with E-state index in [1.807, 2.05) is 18.2 Å². The van der Waals surface area contributed by atoms with Gasteiger partial charge in [-0.05, 0) is 50.4 Å². The highest BCUT2D eigenvalue weighted by molar-refractivity contribution is 5.67. The Hall–Kier alpha value is -1.55. The minimum absolute atomic E-state index is 0.204. The summed E-state index contributed by atoms with van der Waals surface area (Å²) >= 11 is 0. The van der Waals surface area contributed by atoms with Gasteiger partial charge in [0.15, 0.2) is 0 Å². The quantitative estimate of drug-likeness (QED) is 0.784. The Morgan fingerprint density at radius 2 is 2.29 bits per heavy atom. The molecule has 4 heteroatoms. The van der Waals surface area contributed by atoms with Crippen LogP contribution in [0.15, 0.2) is 24.3 Å². The van der Waals surface area contributed by atoms with Gasteiger partial charge in [0.1, 0.15) is 5.75 Å². The molecular formula is C17H25NO3. The van der Waals surface area contributed by atoms with Crippen LogP contribution in [-0.4, -0.2) is 41.7 Å². The summed E-state index contributed by atoms with van der Waals surface area (Å²) in [5, 5.41) is 8.98. The van der Waals surface area contributed by atoms with Crippen LogP contribution in [0.5, 0.6) is 5.75 Å². The van der Waals surface area contributed by atoms with Gasteiger partial charge in [-0.1, -0.05) is 18.6 Å². The lowest BCUT2D eigenvalue weighted by molar-refractivity contribution is -0.138. The minimum Gasteiger partial charge on any atom is -0.494 e. The van der Waals surface area contributed by atoms with Gasteiger partial charge in [-0.2, -0.15) is 0 Å². The first kappa shape index (κ1) is 15.8. The van der Waals surface area contributed by atoms with Crippen LogP contribution < -0.4 is 4.74 Å². The number of aliphatic carboxylic acids is 1. The molecule has 1 fully saturated rings. The minimum atomic E-state index is -0.692. The second-order valence-corrected chi connectivity index (χ2v) is 5.80. The summed E-state index contributed by atoms with van der Waals surface area (Å²) < 4.78 is 5.75. The first-order valence-corrected chi connectivity index (χ1v) is 7.80. The Kier molecular flexibility index (Phi) is 6.05. The average molecular weight is 291 g/mol. The maximum absolute atomic E-state index is 10.9. The molecule has 2 rings (SSSR count). The number of likely N-dealkylation sites (tertiary alicyclic amines) is 1. The summed E-state index contributed by atoms with van der Waals surface area (Å²) in [6, 6.07) is 8.26. The summed E-state index contributed by atoms with van der Waals surface area (Å²) in [6.07, 6.45) is 4.52. The van der Waals surface area contributed by atoms with Gasteiger partial charge in [0.25, 0.3) is 0 Å². The van der Waals surface area contributed by atoms with Crippen molar-refractivity contribution in [1.82, 2.24) is 4.90 Å². The zero-order valence-electron chi connectivity index (χ0n) is 12.8. The van der Waals surface area contributed by atoms with E-state index in [0.29, 0.717) is 6.61 Å². The number of hydrogen-bond donors (Lipinski definition) is 1. The number of carbonyl (C=O) groups is 1. The third kappa shape index (κ3) is 5.38. The van der Waals surface area contributed by atoms with Gasteiger partial charge in [0.2, 0.25) is 0 Å². The third-order valence-electron chi connectivity index (χ3n) is 4.01.